The van der Waals surface area contributed by atoms with Gasteiger partial charge in [0.05, 0.1) is 0 Å². The van der Waals surface area contributed by atoms with E-state index in [4.69, 9.17) is 15.8 Å². The van der Waals surface area contributed by atoms with Gasteiger partial charge in [-0.3, -0.25) is 0 Å². The number of hydrogen-bond acceptors (Lipinski definition) is 7. The third kappa shape index (κ3) is 23.2. The average Bonchev–Trinajstić information content (AvgIpc) is 0.774. The lowest BCUT2D eigenvalue weighted by atomic mass is 9.80. The fourth-order valence-electron chi connectivity index (χ4n) is 12.6. The minimum atomic E-state index is -1.38. The largest absolute Gasteiger partial charge is 0.488 e. The Kier molecular flexibility index (Phi) is 29.0. The van der Waals surface area contributed by atoms with Gasteiger partial charge in [0.15, 0.2) is 0 Å². The number of aryl methyl sites for hydroxylation is 9. The highest BCUT2D eigenvalue weighted by molar-refractivity contribution is 9.11. The molecule has 14 aromatic carbocycles. The van der Waals surface area contributed by atoms with Crippen LogP contribution < -0.4 is 30.8 Å². The first kappa shape index (κ1) is 81.0. The molecule has 0 aliphatic carbocycles. The average molecular weight is 1690 g/mol. The molecule has 0 heterocycles. The van der Waals surface area contributed by atoms with Crippen molar-refractivity contribution >= 4 is 162 Å². The second-order valence-corrected chi connectivity index (χ2v) is 30.7. The number of nitrogen functional groups attached to an aromatic ring is 1. The quantitative estimate of drug-likeness (QED) is 0.0657. The van der Waals surface area contributed by atoms with Gasteiger partial charge in [0.1, 0.15) is 0 Å². The van der Waals surface area contributed by atoms with Crippen molar-refractivity contribution in [3.05, 3.63) is 414 Å². The molecule has 12 heteroatoms. The van der Waals surface area contributed by atoms with Crippen molar-refractivity contribution in [2.45, 2.75) is 62.3 Å². The number of nitrogens with two attached hydrogens (primary N) is 1. The molecule has 14 aromatic rings. The molecule has 0 radical (unpaired) electrons. The molecule has 0 aliphatic heterocycles. The maximum Gasteiger partial charge on any atom is 0.488 e. The van der Waals surface area contributed by atoms with E-state index in [0.29, 0.717) is 5.46 Å². The molecule has 0 aliphatic rings. The second kappa shape index (κ2) is 39.0. The summed E-state index contributed by atoms with van der Waals surface area (Å²) < 4.78 is 4.24. The minimum Gasteiger partial charge on any atom is -0.423 e. The number of anilines is 13. The fourth-order valence-corrected chi connectivity index (χ4v) is 15.4. The summed E-state index contributed by atoms with van der Waals surface area (Å²) in [6.45, 7) is 26.7. The number of nitrogens with zero attached hydrogens (tertiary/aromatic N) is 4. The van der Waals surface area contributed by atoms with Crippen molar-refractivity contribution < 1.29 is 10.0 Å². The van der Waals surface area contributed by atoms with Gasteiger partial charge in [0, 0.05) is 91.8 Å². The Morgan fingerprint density at radius 3 is 0.706 bits per heavy atom. The summed E-state index contributed by atoms with van der Waals surface area (Å²) in [4.78, 5) is 9.41. The summed E-state index contributed by atoms with van der Waals surface area (Å²) in [6, 6.07) is 113. The van der Waals surface area contributed by atoms with Crippen molar-refractivity contribution in [2.75, 3.05) is 25.3 Å². The fraction of sp³-hybridized carbons (Fsp3) is 0.0928. The van der Waals surface area contributed by atoms with Gasteiger partial charge < -0.3 is 35.4 Å². The monoisotopic (exact) mass is 1680 g/mol. The van der Waals surface area contributed by atoms with Crippen molar-refractivity contribution in [2.24, 2.45) is 0 Å². The maximum absolute atomic E-state index is 8.72. The summed E-state index contributed by atoms with van der Waals surface area (Å²) in [5, 5.41) is 17.4. The zero-order chi connectivity index (χ0) is 77.7. The lowest BCUT2D eigenvalue weighted by Crippen LogP contribution is -2.29. The van der Waals surface area contributed by atoms with Crippen LogP contribution in [-0.4, -0.2) is 17.2 Å². The van der Waals surface area contributed by atoms with E-state index >= 15 is 0 Å². The maximum atomic E-state index is 8.72. The van der Waals surface area contributed by atoms with E-state index in [1.54, 1.807) is 30.3 Å². The molecule has 0 aromatic heterocycles. The molecule has 0 bridgehead atoms. The van der Waals surface area contributed by atoms with E-state index in [-0.39, 0.29) is 0 Å². The molecule has 0 saturated carbocycles. The highest BCUT2D eigenvalue weighted by atomic mass is 79.9. The third-order valence-electron chi connectivity index (χ3n) is 17.7. The van der Waals surface area contributed by atoms with Gasteiger partial charge in [-0.1, -0.05) is 247 Å². The Morgan fingerprint density at radius 1 is 0.257 bits per heavy atom. The van der Waals surface area contributed by atoms with Crippen molar-refractivity contribution in [1.29, 1.82) is 0 Å². The molecule has 14 rings (SSSR count). The van der Waals surface area contributed by atoms with Crippen LogP contribution in [0.4, 0.5) is 73.9 Å². The second-order valence-electron chi connectivity index (χ2n) is 27.0. The Balaban J connectivity index is 0.000000172. The van der Waals surface area contributed by atoms with Crippen LogP contribution in [0.2, 0.25) is 0 Å². The van der Waals surface area contributed by atoms with Gasteiger partial charge in [-0.05, 0) is 304 Å². The topological polar surface area (TPSA) is 79.4 Å². The zero-order valence-electron chi connectivity index (χ0n) is 63.0. The standard InChI is InChI=1S/C42H38N2.C34H31BrN2.C8H9BO2.C7H9N.C6H3Br3/c1-6-34-19-21-35(22-20-34)36-27-41(43(37-15-7-11-30(2)23-37)38-16-8-12-31(3)24-38)29-42(28-36)44(39-17-9-13-32(4)25-39)40-18-10-14-33(5)26-40;1-24-9-5-13-29(17-24)36(30-14-6-10-25(2)18-30)33-21-28(35)22-34(23-33)37(31-15-7-11-26(3)19-31)32-16-8-12-27(4)20-32;1-2-7-3-5-8(6-4-7)9(10)11;1-6-3-2-4-7(8)5-6;7-4-1-5(8)3-6(9)2-4/h6-29H,1H2,2-5H3;5-23H,1-4H3;2-6,10-11H,1H2;2-5H,8H2,1H3;1-3H. The Bertz CT molecular complexity index is 4940. The summed E-state index contributed by atoms with van der Waals surface area (Å²) in [5.74, 6) is 0. The Labute approximate surface area is 679 Å². The molecule has 4 N–H and O–H groups in total. The normalized spacial score (nSPS) is 10.4. The van der Waals surface area contributed by atoms with Gasteiger partial charge in [-0.25, -0.2) is 0 Å². The first-order valence-corrected chi connectivity index (χ1v) is 39.1. The predicted octanol–water partition coefficient (Wildman–Crippen LogP) is 28.4. The minimum absolute atomic E-state index is 0.496. The van der Waals surface area contributed by atoms with E-state index in [1.165, 1.54) is 50.1 Å². The Hall–Kier alpha value is -10.5. The molecule has 109 heavy (non-hydrogen) atoms. The van der Waals surface area contributed by atoms with Crippen LogP contribution >= 0.6 is 63.7 Å². The molecule has 0 unspecified atom stereocenters. The highest BCUT2D eigenvalue weighted by Crippen LogP contribution is 2.46. The van der Waals surface area contributed by atoms with Crippen LogP contribution in [0.5, 0.6) is 0 Å². The van der Waals surface area contributed by atoms with Crippen LogP contribution in [0.1, 0.15) is 61.2 Å². The van der Waals surface area contributed by atoms with Crippen molar-refractivity contribution in [3.8, 4) is 11.1 Å². The van der Waals surface area contributed by atoms with Crippen LogP contribution in [-0.2, 0) is 0 Å². The number of hydrogen-bond donors (Lipinski definition) is 3. The van der Waals surface area contributed by atoms with Crippen LogP contribution in [0.25, 0.3) is 23.3 Å². The van der Waals surface area contributed by atoms with Crippen LogP contribution in [0.3, 0.4) is 0 Å². The smallest absolute Gasteiger partial charge is 0.423 e. The van der Waals surface area contributed by atoms with Gasteiger partial charge in [0.2, 0.25) is 0 Å². The molecule has 0 atom stereocenters. The number of halogens is 4. The molecule has 0 spiro atoms. The molecular weight excluding hydrogens is 1600 g/mol. The first-order chi connectivity index (χ1) is 52.4. The van der Waals surface area contributed by atoms with E-state index in [9.17, 15) is 0 Å². The molecule has 0 fully saturated rings. The lowest BCUT2D eigenvalue weighted by Gasteiger charge is -2.31. The van der Waals surface area contributed by atoms with Gasteiger partial charge in [-0.15, -0.1) is 0 Å². The Morgan fingerprint density at radius 2 is 0.486 bits per heavy atom. The van der Waals surface area contributed by atoms with E-state index in [0.717, 1.165) is 114 Å². The molecular formula is C97H90BBr4N5O2. The van der Waals surface area contributed by atoms with Crippen LogP contribution in [0.15, 0.2) is 353 Å². The molecule has 7 nitrogen and oxygen atoms in total. The van der Waals surface area contributed by atoms with Crippen molar-refractivity contribution in [1.82, 2.24) is 0 Å². The molecule has 0 amide bonds. The van der Waals surface area contributed by atoms with E-state index in [1.807, 2.05) is 55.5 Å². The van der Waals surface area contributed by atoms with Gasteiger partial charge in [-0.2, -0.15) is 0 Å². The van der Waals surface area contributed by atoms with Gasteiger partial charge >= 0.3 is 7.12 Å². The lowest BCUT2D eigenvalue weighted by molar-refractivity contribution is 0.426. The van der Waals surface area contributed by atoms with E-state index < -0.39 is 7.12 Å². The highest BCUT2D eigenvalue weighted by Gasteiger charge is 2.23. The summed E-state index contributed by atoms with van der Waals surface area (Å²) in [5.41, 5.74) is 35.5. The SMILES string of the molecule is Brc1cc(Br)cc(Br)c1.C=Cc1ccc(-c2cc(N(c3cccc(C)c3)c3cccc(C)c3)cc(N(c3cccc(C)c3)c3cccc(C)c3)c2)cc1.C=Cc1ccc(B(O)O)cc1.Cc1cccc(N(c2cccc(C)c2)c2cc(Br)cc(N(c3cccc(C)c3)c3cccc(C)c3)c2)c1.Cc1cccc(N)c1. The van der Waals surface area contributed by atoms with Crippen LogP contribution in [0, 0.1) is 62.3 Å². The van der Waals surface area contributed by atoms with E-state index in [2.05, 4.69) is 407 Å². The summed E-state index contributed by atoms with van der Waals surface area (Å²) in [6.07, 6.45) is 3.59. The first-order valence-electron chi connectivity index (χ1n) is 35.9. The van der Waals surface area contributed by atoms with Gasteiger partial charge in [0.25, 0.3) is 0 Å². The number of rotatable bonds is 16. The molecule has 546 valence electrons. The zero-order valence-corrected chi connectivity index (χ0v) is 69.4. The summed E-state index contributed by atoms with van der Waals surface area (Å²) >= 11 is 13.9. The number of benzene rings is 14. The van der Waals surface area contributed by atoms with Crippen molar-refractivity contribution in [3.63, 3.8) is 0 Å². The summed E-state index contributed by atoms with van der Waals surface area (Å²) in [7, 11) is -1.38. The predicted molar refractivity (Wildman–Crippen MR) is 484 cm³/mol. The molecule has 0 saturated heterocycles. The third-order valence-corrected chi connectivity index (χ3v) is 19.5.